The summed E-state index contributed by atoms with van der Waals surface area (Å²) >= 11 is 4.73. The molecule has 126 valence electrons. The van der Waals surface area contributed by atoms with Gasteiger partial charge in [-0.05, 0) is 48.6 Å². The monoisotopic (exact) mass is 400 g/mol. The maximum atomic E-state index is 8.87. The molecular formula is C20H8N4S3. The minimum atomic E-state index is 0.0746. The Morgan fingerprint density at radius 3 is 1.44 bits per heavy atom. The number of hydrogen-bond donors (Lipinski definition) is 0. The van der Waals surface area contributed by atoms with Crippen molar-refractivity contribution in [3.8, 4) is 31.6 Å². The first kappa shape index (κ1) is 18.3. The van der Waals surface area contributed by atoms with Crippen molar-refractivity contribution in [2.75, 3.05) is 0 Å². The van der Waals surface area contributed by atoms with Crippen LogP contribution < -0.4 is 0 Å². The van der Waals surface area contributed by atoms with Crippen LogP contribution >= 0.6 is 34.0 Å². The summed E-state index contributed by atoms with van der Waals surface area (Å²) in [6.45, 7) is 13.9. The van der Waals surface area contributed by atoms with E-state index in [1.165, 1.54) is 22.7 Å². The van der Waals surface area contributed by atoms with Gasteiger partial charge in [-0.1, -0.05) is 0 Å². The van der Waals surface area contributed by atoms with Crippen molar-refractivity contribution < 1.29 is 0 Å². The molecular weight excluding hydrogens is 392 g/mol. The highest BCUT2D eigenvalue weighted by Crippen LogP contribution is 2.40. The van der Waals surface area contributed by atoms with Gasteiger partial charge < -0.3 is 0 Å². The largest absolute Gasteiger partial charge is 0.263 e. The second-order valence-electron chi connectivity index (χ2n) is 5.07. The summed E-state index contributed by atoms with van der Waals surface area (Å²) in [6, 6.07) is 15.6. The molecule has 4 nitrogen and oxygen atoms in total. The second kappa shape index (κ2) is 8.28. The molecule has 27 heavy (non-hydrogen) atoms. The van der Waals surface area contributed by atoms with Gasteiger partial charge in [-0.25, -0.2) is 20.2 Å². The molecule has 3 aromatic rings. The Hall–Kier alpha value is -3.46. The van der Waals surface area contributed by atoms with E-state index in [-0.39, 0.29) is 11.4 Å². The van der Waals surface area contributed by atoms with Crippen LogP contribution in [0, 0.1) is 35.8 Å². The number of rotatable bonds is 4. The topological polar surface area (TPSA) is 56.3 Å². The van der Waals surface area contributed by atoms with E-state index < -0.39 is 0 Å². The zero-order valence-electron chi connectivity index (χ0n) is 13.6. The molecule has 0 bridgehead atoms. The van der Waals surface area contributed by atoms with Gasteiger partial charge in [0, 0.05) is 29.3 Å². The van der Waals surface area contributed by atoms with Crippen molar-refractivity contribution in [1.29, 1.82) is 10.5 Å². The highest BCUT2D eigenvalue weighted by Gasteiger charge is 2.09. The van der Waals surface area contributed by atoms with Crippen LogP contribution in [0.3, 0.4) is 0 Å². The molecule has 0 atom stereocenters. The quantitative estimate of drug-likeness (QED) is 0.358. The fourth-order valence-corrected chi connectivity index (χ4v) is 5.25. The Bertz CT molecular complexity index is 1100. The van der Waals surface area contributed by atoms with E-state index in [4.69, 9.17) is 23.7 Å². The predicted molar refractivity (Wildman–Crippen MR) is 111 cm³/mol. The van der Waals surface area contributed by atoms with Gasteiger partial charge in [-0.3, -0.25) is 0 Å². The molecule has 0 N–H and O–H groups in total. The summed E-state index contributed by atoms with van der Waals surface area (Å²) in [4.78, 5) is 12.5. The van der Waals surface area contributed by atoms with Crippen LogP contribution in [-0.2, 0) is 0 Å². The second-order valence-corrected chi connectivity index (χ2v) is 8.39. The molecule has 7 heteroatoms. The van der Waals surface area contributed by atoms with Crippen LogP contribution in [0.4, 0.5) is 0 Å². The number of thiophene rings is 3. The lowest BCUT2D eigenvalue weighted by Crippen LogP contribution is -1.65. The molecule has 0 saturated carbocycles. The zero-order valence-corrected chi connectivity index (χ0v) is 16.1. The Kier molecular flexibility index (Phi) is 5.62. The molecule has 0 unspecified atom stereocenters. The molecule has 0 radical (unpaired) electrons. The minimum absolute atomic E-state index is 0.0746. The first-order valence-electron chi connectivity index (χ1n) is 7.45. The van der Waals surface area contributed by atoms with Crippen LogP contribution in [0.25, 0.3) is 41.4 Å². The smallest absolute Gasteiger partial charge is 0.227 e. The third-order valence-electron chi connectivity index (χ3n) is 3.37. The molecule has 0 amide bonds. The average Bonchev–Trinajstić information content (AvgIpc) is 3.44. The SMILES string of the molecule is [C-]#[N+]/C(C#N)=C\c1ccc(-c2ccc(-c3ccc(/C=C(/C#N)[N+]#[C-])s3)s2)s1. The highest BCUT2D eigenvalue weighted by atomic mass is 32.1. The Labute approximate surface area is 168 Å². The van der Waals surface area contributed by atoms with Crippen molar-refractivity contribution in [2.24, 2.45) is 0 Å². The van der Waals surface area contributed by atoms with Gasteiger partial charge in [-0.2, -0.15) is 0 Å². The maximum Gasteiger partial charge on any atom is 0.263 e. The molecule has 0 fully saturated rings. The molecule has 0 aliphatic carbocycles. The molecule has 0 spiro atoms. The van der Waals surface area contributed by atoms with E-state index in [1.807, 2.05) is 36.4 Å². The van der Waals surface area contributed by atoms with E-state index in [1.54, 1.807) is 23.5 Å². The van der Waals surface area contributed by atoms with Crippen LogP contribution in [0.15, 0.2) is 47.8 Å². The minimum Gasteiger partial charge on any atom is -0.227 e. The third kappa shape index (κ3) is 4.21. The van der Waals surface area contributed by atoms with E-state index in [9.17, 15) is 0 Å². The summed E-state index contributed by atoms with van der Waals surface area (Å²) in [5, 5.41) is 17.7. The molecule has 3 heterocycles. The van der Waals surface area contributed by atoms with Gasteiger partial charge in [0.05, 0.1) is 25.3 Å². The Balaban J connectivity index is 1.85. The third-order valence-corrected chi connectivity index (χ3v) is 6.91. The summed E-state index contributed by atoms with van der Waals surface area (Å²) in [5.74, 6) is 0. The summed E-state index contributed by atoms with van der Waals surface area (Å²) in [6.07, 6.45) is 3.19. The summed E-state index contributed by atoms with van der Waals surface area (Å²) in [5.41, 5.74) is 0.149. The number of hydrogen-bond acceptors (Lipinski definition) is 5. The average molecular weight is 401 g/mol. The van der Waals surface area contributed by atoms with Gasteiger partial charge in [0.25, 0.3) is 11.4 Å². The Morgan fingerprint density at radius 2 is 1.07 bits per heavy atom. The first-order valence-corrected chi connectivity index (χ1v) is 9.90. The van der Waals surface area contributed by atoms with Crippen molar-refractivity contribution in [2.45, 2.75) is 0 Å². The molecule has 3 aromatic heterocycles. The van der Waals surface area contributed by atoms with Gasteiger partial charge in [0.1, 0.15) is 0 Å². The van der Waals surface area contributed by atoms with E-state index in [2.05, 4.69) is 21.8 Å². The fraction of sp³-hybridized carbons (Fsp3) is 0. The molecule has 0 aliphatic heterocycles. The fourth-order valence-electron chi connectivity index (χ4n) is 2.18. The lowest BCUT2D eigenvalue weighted by Gasteiger charge is -1.91. The Morgan fingerprint density at radius 1 is 0.704 bits per heavy atom. The number of nitriles is 2. The van der Waals surface area contributed by atoms with Gasteiger partial charge in [-0.15, -0.1) is 34.0 Å². The van der Waals surface area contributed by atoms with Crippen LogP contribution in [0.1, 0.15) is 9.75 Å². The molecule has 3 rings (SSSR count). The zero-order chi connectivity index (χ0) is 19.2. The predicted octanol–water partition coefficient (Wildman–Crippen LogP) is 6.77. The van der Waals surface area contributed by atoms with Crippen molar-refractivity contribution >= 4 is 46.2 Å². The van der Waals surface area contributed by atoms with Gasteiger partial charge >= 0.3 is 0 Å². The van der Waals surface area contributed by atoms with Crippen molar-refractivity contribution in [3.63, 3.8) is 0 Å². The van der Waals surface area contributed by atoms with Crippen molar-refractivity contribution in [1.82, 2.24) is 0 Å². The lowest BCUT2D eigenvalue weighted by atomic mass is 10.3. The summed E-state index contributed by atoms with van der Waals surface area (Å²) < 4.78 is 0. The molecule has 0 aliphatic rings. The van der Waals surface area contributed by atoms with Crippen LogP contribution in [0.5, 0.6) is 0 Å². The maximum absolute atomic E-state index is 8.87. The normalized spacial score (nSPS) is 11.3. The number of nitrogens with zero attached hydrogens (tertiary/aromatic N) is 4. The lowest BCUT2D eigenvalue weighted by molar-refractivity contribution is 1.51. The first-order chi connectivity index (χ1) is 13.2. The number of allylic oxidation sites excluding steroid dienone is 2. The summed E-state index contributed by atoms with van der Waals surface area (Å²) in [7, 11) is 0. The van der Waals surface area contributed by atoms with Gasteiger partial charge in [0.15, 0.2) is 0 Å². The molecule has 0 saturated heterocycles. The van der Waals surface area contributed by atoms with E-state index in [0.29, 0.717) is 0 Å². The van der Waals surface area contributed by atoms with Crippen molar-refractivity contribution in [3.05, 3.63) is 80.4 Å². The highest BCUT2D eigenvalue weighted by molar-refractivity contribution is 7.26. The van der Waals surface area contributed by atoms with Crippen LogP contribution in [0.2, 0.25) is 0 Å². The van der Waals surface area contributed by atoms with E-state index >= 15 is 0 Å². The van der Waals surface area contributed by atoms with Gasteiger partial charge in [0.2, 0.25) is 0 Å². The standard InChI is InChI=1S/C20H8N4S3/c1-23-13(11-21)9-15-3-5-17(25-15)19-7-8-20(27-19)18-6-4-16(26-18)10-14(12-22)24-2/h3-10H/b13-9-,14-10-. The van der Waals surface area contributed by atoms with Crippen LogP contribution in [-0.4, -0.2) is 0 Å². The molecule has 0 aromatic carbocycles. The van der Waals surface area contributed by atoms with E-state index in [0.717, 1.165) is 29.3 Å².